The molecule has 1 atom stereocenters. The Morgan fingerprint density at radius 1 is 1.10 bits per heavy atom. The third-order valence-corrected chi connectivity index (χ3v) is 4.12. The zero-order valence-electron chi connectivity index (χ0n) is 11.1. The molecule has 0 radical (unpaired) electrons. The molecule has 1 fully saturated rings. The Hall–Kier alpha value is -1.61. The molecule has 0 aliphatic heterocycles. The van der Waals surface area contributed by atoms with Gasteiger partial charge in [-0.15, -0.1) is 0 Å². The number of carbonyl (C=O) groups excluding carboxylic acids is 1. The molecule has 3 rings (SSSR count). The first-order chi connectivity index (χ1) is 9.74. The number of amides is 1. The number of halogens is 1. The van der Waals surface area contributed by atoms with Crippen molar-refractivity contribution in [2.45, 2.75) is 18.9 Å². The van der Waals surface area contributed by atoms with Crippen molar-refractivity contribution in [3.63, 3.8) is 0 Å². The molecule has 0 aromatic heterocycles. The van der Waals surface area contributed by atoms with Crippen LogP contribution < -0.4 is 5.32 Å². The van der Waals surface area contributed by atoms with E-state index < -0.39 is 0 Å². The summed E-state index contributed by atoms with van der Waals surface area (Å²) in [6, 6.07) is 17.9. The minimum Gasteiger partial charge on any atom is -0.345 e. The summed E-state index contributed by atoms with van der Waals surface area (Å²) in [5.41, 5.74) is 1.89. The average Bonchev–Trinajstić information content (AvgIpc) is 3.30. The van der Waals surface area contributed by atoms with Crippen molar-refractivity contribution in [3.05, 3.63) is 70.2 Å². The van der Waals surface area contributed by atoms with Crippen molar-refractivity contribution in [1.82, 2.24) is 5.32 Å². The Balaban J connectivity index is 1.79. The highest BCUT2D eigenvalue weighted by atomic mass is 79.9. The smallest absolute Gasteiger partial charge is 0.251 e. The molecular weight excluding hydrogens is 314 g/mol. The molecule has 20 heavy (non-hydrogen) atoms. The molecule has 0 bridgehead atoms. The fraction of sp³-hybridized carbons (Fsp3) is 0.235. The van der Waals surface area contributed by atoms with Crippen LogP contribution in [0.1, 0.15) is 34.8 Å². The molecule has 1 aliphatic rings. The van der Waals surface area contributed by atoms with Crippen molar-refractivity contribution in [3.8, 4) is 0 Å². The molecule has 1 saturated carbocycles. The van der Waals surface area contributed by atoms with Crippen LogP contribution in [0.5, 0.6) is 0 Å². The monoisotopic (exact) mass is 329 g/mol. The maximum atomic E-state index is 12.4. The van der Waals surface area contributed by atoms with Gasteiger partial charge in [-0.25, -0.2) is 0 Å². The SMILES string of the molecule is O=C(N[C@H](c1ccccc1)C1CC1)c1cccc(Br)c1. The fourth-order valence-electron chi connectivity index (χ4n) is 2.42. The Morgan fingerprint density at radius 3 is 2.50 bits per heavy atom. The van der Waals surface area contributed by atoms with Gasteiger partial charge in [-0.1, -0.05) is 52.3 Å². The van der Waals surface area contributed by atoms with Gasteiger partial charge in [0.25, 0.3) is 5.91 Å². The van der Waals surface area contributed by atoms with Gasteiger partial charge in [0.2, 0.25) is 0 Å². The van der Waals surface area contributed by atoms with Crippen LogP contribution in [0.2, 0.25) is 0 Å². The van der Waals surface area contributed by atoms with Crippen LogP contribution in [0.4, 0.5) is 0 Å². The molecule has 0 unspecified atom stereocenters. The van der Waals surface area contributed by atoms with E-state index in [2.05, 4.69) is 33.4 Å². The summed E-state index contributed by atoms with van der Waals surface area (Å²) in [6.45, 7) is 0. The van der Waals surface area contributed by atoms with E-state index in [1.807, 2.05) is 42.5 Å². The fourth-order valence-corrected chi connectivity index (χ4v) is 2.82. The molecule has 2 aromatic carbocycles. The highest BCUT2D eigenvalue weighted by molar-refractivity contribution is 9.10. The highest BCUT2D eigenvalue weighted by Gasteiger charge is 2.33. The number of nitrogens with one attached hydrogen (secondary N) is 1. The lowest BCUT2D eigenvalue weighted by atomic mass is 10.0. The van der Waals surface area contributed by atoms with Crippen LogP contribution >= 0.6 is 15.9 Å². The van der Waals surface area contributed by atoms with E-state index in [0.29, 0.717) is 11.5 Å². The maximum Gasteiger partial charge on any atom is 0.251 e. The van der Waals surface area contributed by atoms with Crippen LogP contribution in [-0.4, -0.2) is 5.91 Å². The van der Waals surface area contributed by atoms with E-state index in [4.69, 9.17) is 0 Å². The first-order valence-electron chi connectivity index (χ1n) is 6.85. The van der Waals surface area contributed by atoms with Crippen LogP contribution in [0, 0.1) is 5.92 Å². The van der Waals surface area contributed by atoms with Gasteiger partial charge in [-0.05, 0) is 42.5 Å². The first kappa shape index (κ1) is 13.4. The second kappa shape index (κ2) is 5.80. The summed E-state index contributed by atoms with van der Waals surface area (Å²) >= 11 is 3.40. The zero-order valence-corrected chi connectivity index (χ0v) is 12.6. The summed E-state index contributed by atoms with van der Waals surface area (Å²) in [7, 11) is 0. The molecule has 1 N–H and O–H groups in total. The summed E-state index contributed by atoms with van der Waals surface area (Å²) in [5.74, 6) is 0.570. The first-order valence-corrected chi connectivity index (χ1v) is 7.65. The van der Waals surface area contributed by atoms with E-state index in [-0.39, 0.29) is 11.9 Å². The van der Waals surface area contributed by atoms with Gasteiger partial charge < -0.3 is 5.32 Å². The normalized spacial score (nSPS) is 15.7. The lowest BCUT2D eigenvalue weighted by Gasteiger charge is -2.19. The number of hydrogen-bond donors (Lipinski definition) is 1. The third-order valence-electron chi connectivity index (χ3n) is 3.63. The molecule has 102 valence electrons. The predicted molar refractivity (Wildman–Crippen MR) is 83.5 cm³/mol. The van der Waals surface area contributed by atoms with Gasteiger partial charge >= 0.3 is 0 Å². The Labute approximate surface area is 127 Å². The van der Waals surface area contributed by atoms with Gasteiger partial charge in [0.15, 0.2) is 0 Å². The molecule has 1 amide bonds. The number of benzene rings is 2. The van der Waals surface area contributed by atoms with Crippen molar-refractivity contribution in [1.29, 1.82) is 0 Å². The highest BCUT2D eigenvalue weighted by Crippen LogP contribution is 2.41. The van der Waals surface area contributed by atoms with Crippen molar-refractivity contribution >= 4 is 21.8 Å². The van der Waals surface area contributed by atoms with Crippen LogP contribution in [0.15, 0.2) is 59.1 Å². The topological polar surface area (TPSA) is 29.1 Å². The molecule has 0 spiro atoms. The van der Waals surface area contributed by atoms with Crippen LogP contribution in [0.25, 0.3) is 0 Å². The lowest BCUT2D eigenvalue weighted by Crippen LogP contribution is -2.29. The molecule has 3 heteroatoms. The molecule has 1 aliphatic carbocycles. The van der Waals surface area contributed by atoms with E-state index in [1.54, 1.807) is 0 Å². The quantitative estimate of drug-likeness (QED) is 0.888. The minimum atomic E-state index is -0.00736. The summed E-state index contributed by atoms with van der Waals surface area (Å²) in [4.78, 5) is 12.4. The Kier molecular flexibility index (Phi) is 3.88. The van der Waals surface area contributed by atoms with Gasteiger partial charge in [0, 0.05) is 10.0 Å². The average molecular weight is 330 g/mol. The predicted octanol–water partition coefficient (Wildman–Crippen LogP) is 4.33. The van der Waals surface area contributed by atoms with E-state index >= 15 is 0 Å². The van der Waals surface area contributed by atoms with Crippen LogP contribution in [0.3, 0.4) is 0 Å². The van der Waals surface area contributed by atoms with Gasteiger partial charge in [-0.3, -0.25) is 4.79 Å². The van der Waals surface area contributed by atoms with Gasteiger partial charge in [-0.2, -0.15) is 0 Å². The van der Waals surface area contributed by atoms with E-state index in [9.17, 15) is 4.79 Å². The maximum absolute atomic E-state index is 12.4. The molecule has 0 saturated heterocycles. The van der Waals surface area contributed by atoms with Gasteiger partial charge in [0.1, 0.15) is 0 Å². The molecule has 2 nitrogen and oxygen atoms in total. The standard InChI is InChI=1S/C17H16BrNO/c18-15-8-4-7-14(11-15)17(20)19-16(13-9-10-13)12-5-2-1-3-6-12/h1-8,11,13,16H,9-10H2,(H,19,20)/t16-/m1/s1. The van der Waals surface area contributed by atoms with Gasteiger partial charge in [0.05, 0.1) is 6.04 Å². The van der Waals surface area contributed by atoms with Crippen molar-refractivity contribution < 1.29 is 4.79 Å². The van der Waals surface area contributed by atoms with E-state index in [1.165, 1.54) is 18.4 Å². The number of rotatable bonds is 4. The van der Waals surface area contributed by atoms with Crippen molar-refractivity contribution in [2.24, 2.45) is 5.92 Å². The van der Waals surface area contributed by atoms with E-state index in [0.717, 1.165) is 4.47 Å². The number of hydrogen-bond acceptors (Lipinski definition) is 1. The Morgan fingerprint density at radius 2 is 1.85 bits per heavy atom. The molecular formula is C17H16BrNO. The van der Waals surface area contributed by atoms with Crippen molar-refractivity contribution in [2.75, 3.05) is 0 Å². The second-order valence-electron chi connectivity index (χ2n) is 5.21. The zero-order chi connectivity index (χ0) is 13.9. The molecule has 0 heterocycles. The lowest BCUT2D eigenvalue weighted by molar-refractivity contribution is 0.0931. The number of carbonyl (C=O) groups is 1. The third kappa shape index (κ3) is 3.10. The summed E-state index contributed by atoms with van der Waals surface area (Å²) < 4.78 is 0.924. The largest absolute Gasteiger partial charge is 0.345 e. The second-order valence-corrected chi connectivity index (χ2v) is 6.13. The van der Waals surface area contributed by atoms with Crippen LogP contribution in [-0.2, 0) is 0 Å². The minimum absolute atomic E-state index is 0.00736. The Bertz CT molecular complexity index is 607. The molecule has 2 aromatic rings. The summed E-state index contributed by atoms with van der Waals surface area (Å²) in [5, 5.41) is 3.18. The summed E-state index contributed by atoms with van der Waals surface area (Å²) in [6.07, 6.45) is 2.39.